The highest BCUT2D eigenvalue weighted by Gasteiger charge is 2.21. The third-order valence-corrected chi connectivity index (χ3v) is 4.61. The number of hydrogen-bond acceptors (Lipinski definition) is 4. The molecule has 5 nitrogen and oxygen atoms in total. The maximum Gasteiger partial charge on any atom is 0.240 e. The minimum atomic E-state index is -3.63. The van der Waals surface area contributed by atoms with E-state index in [9.17, 15) is 8.42 Å². The van der Waals surface area contributed by atoms with Gasteiger partial charge in [-0.1, -0.05) is 25.4 Å². The lowest BCUT2D eigenvalue weighted by Gasteiger charge is -2.19. The predicted molar refractivity (Wildman–Crippen MR) is 80.6 cm³/mol. The Labute approximate surface area is 125 Å². The summed E-state index contributed by atoms with van der Waals surface area (Å²) in [6.07, 6.45) is 0.680. The highest BCUT2D eigenvalue weighted by atomic mass is 35.5. The van der Waals surface area contributed by atoms with Crippen LogP contribution < -0.4 is 15.2 Å². The Kier molecular flexibility index (Phi) is 6.26. The molecule has 114 valence electrons. The van der Waals surface area contributed by atoms with E-state index in [-0.39, 0.29) is 22.5 Å². The van der Waals surface area contributed by atoms with Gasteiger partial charge in [0.15, 0.2) is 0 Å². The van der Waals surface area contributed by atoms with E-state index in [4.69, 9.17) is 22.1 Å². The van der Waals surface area contributed by atoms with Crippen molar-refractivity contribution in [3.05, 3.63) is 23.2 Å². The van der Waals surface area contributed by atoms with E-state index >= 15 is 0 Å². The lowest BCUT2D eigenvalue weighted by Crippen LogP contribution is -2.40. The van der Waals surface area contributed by atoms with Crippen LogP contribution in [0.2, 0.25) is 5.02 Å². The molecule has 1 atom stereocenters. The average molecular weight is 321 g/mol. The standard InChI is InChI=1S/C13H21ClN2O3S/c1-9(2)6-10(8-15)16-20(17,18)11-4-5-13(19-3)12(14)7-11/h4-5,7,9-10,16H,6,8,15H2,1-3H3. The Hall–Kier alpha value is -0.820. The highest BCUT2D eigenvalue weighted by molar-refractivity contribution is 7.89. The molecule has 1 aromatic rings. The van der Waals surface area contributed by atoms with Gasteiger partial charge in [-0.25, -0.2) is 13.1 Å². The number of benzene rings is 1. The summed E-state index contributed by atoms with van der Waals surface area (Å²) < 4.78 is 32.1. The van der Waals surface area contributed by atoms with Crippen LogP contribution in [0.25, 0.3) is 0 Å². The number of rotatable bonds is 7. The molecule has 7 heteroatoms. The van der Waals surface area contributed by atoms with Crippen LogP contribution in [0.5, 0.6) is 5.75 Å². The molecule has 20 heavy (non-hydrogen) atoms. The van der Waals surface area contributed by atoms with Crippen LogP contribution in [-0.4, -0.2) is 28.1 Å². The monoisotopic (exact) mass is 320 g/mol. The van der Waals surface area contributed by atoms with Crippen LogP contribution in [0.1, 0.15) is 20.3 Å². The molecule has 0 aliphatic carbocycles. The smallest absolute Gasteiger partial charge is 0.240 e. The van der Waals surface area contributed by atoms with E-state index in [1.165, 1.54) is 25.3 Å². The second kappa shape index (κ2) is 7.26. The molecule has 0 bridgehead atoms. The van der Waals surface area contributed by atoms with Gasteiger partial charge in [0.2, 0.25) is 10.0 Å². The summed E-state index contributed by atoms with van der Waals surface area (Å²) in [4.78, 5) is 0.102. The van der Waals surface area contributed by atoms with Crippen LogP contribution >= 0.6 is 11.6 Å². The lowest BCUT2D eigenvalue weighted by molar-refractivity contribution is 0.414. The first kappa shape index (κ1) is 17.2. The van der Waals surface area contributed by atoms with Gasteiger partial charge in [-0.05, 0) is 30.5 Å². The molecule has 0 amide bonds. The van der Waals surface area contributed by atoms with E-state index < -0.39 is 10.0 Å². The van der Waals surface area contributed by atoms with E-state index in [0.717, 1.165) is 0 Å². The van der Waals surface area contributed by atoms with Gasteiger partial charge in [0.1, 0.15) is 5.75 Å². The molecule has 0 radical (unpaired) electrons. The number of halogens is 1. The maximum absolute atomic E-state index is 12.3. The van der Waals surface area contributed by atoms with Gasteiger partial charge in [0.05, 0.1) is 17.0 Å². The summed E-state index contributed by atoms with van der Waals surface area (Å²) in [7, 11) is -2.16. The minimum Gasteiger partial charge on any atom is -0.495 e. The third kappa shape index (κ3) is 4.63. The molecule has 1 aromatic carbocycles. The van der Waals surface area contributed by atoms with E-state index in [0.29, 0.717) is 18.1 Å². The largest absolute Gasteiger partial charge is 0.495 e. The highest BCUT2D eigenvalue weighted by Crippen LogP contribution is 2.27. The molecular formula is C13H21ClN2O3S. The number of methoxy groups -OCH3 is 1. The number of nitrogens with two attached hydrogens (primary N) is 1. The first-order valence-electron chi connectivity index (χ1n) is 6.36. The molecular weight excluding hydrogens is 300 g/mol. The van der Waals surface area contributed by atoms with Gasteiger partial charge in [0.25, 0.3) is 0 Å². The van der Waals surface area contributed by atoms with Crippen molar-refractivity contribution in [2.24, 2.45) is 11.7 Å². The van der Waals surface area contributed by atoms with E-state index in [1.807, 2.05) is 13.8 Å². The van der Waals surface area contributed by atoms with Crippen LogP contribution in [-0.2, 0) is 10.0 Å². The quantitative estimate of drug-likeness (QED) is 0.805. The molecule has 0 saturated carbocycles. The molecule has 0 spiro atoms. The molecule has 0 fully saturated rings. The van der Waals surface area contributed by atoms with Crippen molar-refractivity contribution in [1.29, 1.82) is 0 Å². The first-order chi connectivity index (χ1) is 9.30. The zero-order valence-corrected chi connectivity index (χ0v) is 13.5. The number of ether oxygens (including phenoxy) is 1. The van der Waals surface area contributed by atoms with Gasteiger partial charge in [0, 0.05) is 12.6 Å². The van der Waals surface area contributed by atoms with Gasteiger partial charge in [-0.2, -0.15) is 0 Å². The fraction of sp³-hybridized carbons (Fsp3) is 0.538. The maximum atomic E-state index is 12.3. The second-order valence-electron chi connectivity index (χ2n) is 4.98. The van der Waals surface area contributed by atoms with Crippen molar-refractivity contribution in [2.75, 3.05) is 13.7 Å². The Morgan fingerprint density at radius 1 is 1.40 bits per heavy atom. The summed E-state index contributed by atoms with van der Waals surface area (Å²) >= 11 is 5.95. The predicted octanol–water partition coefficient (Wildman–Crippen LogP) is 2.00. The molecule has 0 aliphatic rings. The minimum absolute atomic E-state index is 0.102. The molecule has 1 unspecified atom stereocenters. The van der Waals surface area contributed by atoms with Crippen LogP contribution in [0, 0.1) is 5.92 Å². The summed E-state index contributed by atoms with van der Waals surface area (Å²) in [6, 6.07) is 4.05. The Morgan fingerprint density at radius 3 is 2.50 bits per heavy atom. The van der Waals surface area contributed by atoms with Crippen molar-refractivity contribution in [3.8, 4) is 5.75 Å². The zero-order valence-electron chi connectivity index (χ0n) is 11.9. The number of sulfonamides is 1. The lowest BCUT2D eigenvalue weighted by atomic mass is 10.1. The van der Waals surface area contributed by atoms with E-state index in [2.05, 4.69) is 4.72 Å². The van der Waals surface area contributed by atoms with E-state index in [1.54, 1.807) is 0 Å². The van der Waals surface area contributed by atoms with Crippen molar-refractivity contribution in [1.82, 2.24) is 4.72 Å². The zero-order chi connectivity index (χ0) is 15.3. The fourth-order valence-electron chi connectivity index (χ4n) is 1.86. The normalized spacial score (nSPS) is 13.5. The summed E-state index contributed by atoms with van der Waals surface area (Å²) in [5.41, 5.74) is 5.61. The van der Waals surface area contributed by atoms with Crippen molar-refractivity contribution < 1.29 is 13.2 Å². The fourth-order valence-corrected chi connectivity index (χ4v) is 3.47. The number of nitrogens with one attached hydrogen (secondary N) is 1. The van der Waals surface area contributed by atoms with Crippen LogP contribution in [0.4, 0.5) is 0 Å². The van der Waals surface area contributed by atoms with Crippen LogP contribution in [0.3, 0.4) is 0 Å². The van der Waals surface area contributed by atoms with Gasteiger partial charge in [-0.3, -0.25) is 0 Å². The third-order valence-electron chi connectivity index (χ3n) is 2.80. The van der Waals surface area contributed by atoms with Gasteiger partial charge >= 0.3 is 0 Å². The van der Waals surface area contributed by atoms with Gasteiger partial charge < -0.3 is 10.5 Å². The molecule has 0 heterocycles. The van der Waals surface area contributed by atoms with Crippen LogP contribution in [0.15, 0.2) is 23.1 Å². The topological polar surface area (TPSA) is 81.4 Å². The molecule has 0 aromatic heterocycles. The number of hydrogen-bond donors (Lipinski definition) is 2. The molecule has 0 aliphatic heterocycles. The van der Waals surface area contributed by atoms with Crippen molar-refractivity contribution >= 4 is 21.6 Å². The Morgan fingerprint density at radius 2 is 2.05 bits per heavy atom. The molecule has 0 saturated heterocycles. The summed E-state index contributed by atoms with van der Waals surface area (Å²) in [5, 5.41) is 0.253. The Bertz CT molecular complexity index is 547. The van der Waals surface area contributed by atoms with Gasteiger partial charge in [-0.15, -0.1) is 0 Å². The first-order valence-corrected chi connectivity index (χ1v) is 8.22. The van der Waals surface area contributed by atoms with Crippen molar-refractivity contribution in [2.45, 2.75) is 31.2 Å². The molecule has 1 rings (SSSR count). The summed E-state index contributed by atoms with van der Waals surface area (Å²) in [5.74, 6) is 0.786. The SMILES string of the molecule is COc1ccc(S(=O)(=O)NC(CN)CC(C)C)cc1Cl. The average Bonchev–Trinajstić information content (AvgIpc) is 2.36. The Balaban J connectivity index is 2.95. The second-order valence-corrected chi connectivity index (χ2v) is 7.10. The van der Waals surface area contributed by atoms with Crippen molar-refractivity contribution in [3.63, 3.8) is 0 Å². The summed E-state index contributed by atoms with van der Waals surface area (Å²) in [6.45, 7) is 4.28. The molecule has 3 N–H and O–H groups in total.